The molecule has 1 aromatic rings. The van der Waals surface area contributed by atoms with Gasteiger partial charge in [0.15, 0.2) is 0 Å². The molecule has 2 unspecified atom stereocenters. The quantitative estimate of drug-likeness (QED) is 0.796. The smallest absolute Gasteiger partial charge is 0.406 e. The van der Waals surface area contributed by atoms with E-state index in [1.807, 2.05) is 0 Å². The molecule has 0 aliphatic heterocycles. The average Bonchev–Trinajstić information content (AvgIpc) is 2.84. The molecule has 0 saturated heterocycles. The van der Waals surface area contributed by atoms with Crippen molar-refractivity contribution in [2.75, 3.05) is 0 Å². The molecule has 21 heavy (non-hydrogen) atoms. The number of nitriles is 1. The molecule has 1 fully saturated rings. The predicted molar refractivity (Wildman–Crippen MR) is 72.5 cm³/mol. The maximum atomic E-state index is 12.1. The van der Waals surface area contributed by atoms with Crippen LogP contribution in [0.15, 0.2) is 24.3 Å². The third kappa shape index (κ3) is 4.13. The molecule has 2 nitrogen and oxygen atoms in total. The van der Waals surface area contributed by atoms with Crippen molar-refractivity contribution in [2.24, 2.45) is 11.3 Å². The van der Waals surface area contributed by atoms with Gasteiger partial charge in [0.1, 0.15) is 5.75 Å². The molecule has 2 rings (SSSR count). The summed E-state index contributed by atoms with van der Waals surface area (Å²) in [5.41, 5.74) is 0.510. The lowest BCUT2D eigenvalue weighted by atomic mass is 9.80. The van der Waals surface area contributed by atoms with Crippen molar-refractivity contribution in [1.29, 1.82) is 5.26 Å². The van der Waals surface area contributed by atoms with Crippen molar-refractivity contribution in [1.82, 2.24) is 0 Å². The summed E-state index contributed by atoms with van der Waals surface area (Å²) < 4.78 is 40.2. The number of hydrogen-bond donors (Lipinski definition) is 0. The molecule has 1 aliphatic rings. The fraction of sp³-hybridized carbons (Fsp3) is 0.562. The fourth-order valence-electron chi connectivity index (χ4n) is 3.09. The highest BCUT2D eigenvalue weighted by atomic mass is 19.4. The van der Waals surface area contributed by atoms with E-state index < -0.39 is 6.36 Å². The molecule has 1 aromatic carbocycles. The maximum Gasteiger partial charge on any atom is 0.573 e. The third-order valence-corrected chi connectivity index (χ3v) is 4.22. The Balaban J connectivity index is 2.05. The number of rotatable bonds is 4. The molecular formula is C16H18F3NO. The molecule has 0 aromatic heterocycles. The number of ether oxygens (including phenoxy) is 1. The van der Waals surface area contributed by atoms with Gasteiger partial charge in [0, 0.05) is 0 Å². The zero-order valence-corrected chi connectivity index (χ0v) is 11.9. The van der Waals surface area contributed by atoms with E-state index in [1.165, 1.54) is 12.1 Å². The van der Waals surface area contributed by atoms with Gasteiger partial charge in [-0.1, -0.05) is 25.5 Å². The van der Waals surface area contributed by atoms with Gasteiger partial charge in [-0.2, -0.15) is 5.26 Å². The van der Waals surface area contributed by atoms with Gasteiger partial charge in [0.2, 0.25) is 0 Å². The Labute approximate surface area is 122 Å². The van der Waals surface area contributed by atoms with Gasteiger partial charge in [-0.3, -0.25) is 0 Å². The summed E-state index contributed by atoms with van der Waals surface area (Å²) in [7, 11) is 0. The molecule has 0 N–H and O–H groups in total. The number of halogens is 3. The summed E-state index contributed by atoms with van der Waals surface area (Å²) in [6, 6.07) is 8.26. The summed E-state index contributed by atoms with van der Waals surface area (Å²) in [4.78, 5) is 0. The first-order chi connectivity index (χ1) is 9.86. The van der Waals surface area contributed by atoms with Crippen LogP contribution in [0.4, 0.5) is 13.2 Å². The Hall–Kier alpha value is -1.70. The van der Waals surface area contributed by atoms with Gasteiger partial charge in [-0.05, 0) is 49.3 Å². The van der Waals surface area contributed by atoms with Gasteiger partial charge >= 0.3 is 6.36 Å². The van der Waals surface area contributed by atoms with E-state index in [1.54, 1.807) is 12.1 Å². The SMILES string of the molecule is CCC1CCC(C#N)(Cc2ccc(OC(F)(F)F)cc2)C1. The minimum absolute atomic E-state index is 0.227. The molecule has 0 amide bonds. The minimum atomic E-state index is -4.67. The molecule has 0 bridgehead atoms. The Bertz CT molecular complexity index is 518. The molecule has 2 atom stereocenters. The summed E-state index contributed by atoms with van der Waals surface area (Å²) in [5.74, 6) is 0.354. The van der Waals surface area contributed by atoms with Crippen LogP contribution in [0.3, 0.4) is 0 Å². The lowest BCUT2D eigenvalue weighted by Gasteiger charge is -2.21. The van der Waals surface area contributed by atoms with Crippen LogP contribution in [0.25, 0.3) is 0 Å². The van der Waals surface area contributed by atoms with Crippen LogP contribution >= 0.6 is 0 Å². The van der Waals surface area contributed by atoms with Crippen molar-refractivity contribution < 1.29 is 17.9 Å². The average molecular weight is 297 g/mol. The monoisotopic (exact) mass is 297 g/mol. The molecule has 0 spiro atoms. The van der Waals surface area contributed by atoms with Crippen LogP contribution in [0.1, 0.15) is 38.2 Å². The van der Waals surface area contributed by atoms with Crippen molar-refractivity contribution in [3.63, 3.8) is 0 Å². The fourth-order valence-corrected chi connectivity index (χ4v) is 3.09. The Morgan fingerprint density at radius 2 is 2.00 bits per heavy atom. The van der Waals surface area contributed by atoms with E-state index in [2.05, 4.69) is 17.7 Å². The van der Waals surface area contributed by atoms with Crippen molar-refractivity contribution in [3.8, 4) is 11.8 Å². The predicted octanol–water partition coefficient (Wildman–Crippen LogP) is 4.85. The van der Waals surface area contributed by atoms with E-state index in [4.69, 9.17) is 0 Å². The molecular weight excluding hydrogens is 279 g/mol. The molecule has 114 valence electrons. The highest BCUT2D eigenvalue weighted by Crippen LogP contribution is 2.45. The second-order valence-corrected chi connectivity index (χ2v) is 5.78. The summed E-state index contributed by atoms with van der Waals surface area (Å²) in [6.07, 6.45) is -0.216. The van der Waals surface area contributed by atoms with E-state index in [0.29, 0.717) is 12.3 Å². The zero-order chi connectivity index (χ0) is 15.5. The summed E-state index contributed by atoms with van der Waals surface area (Å²) in [5, 5.41) is 9.48. The molecule has 0 radical (unpaired) electrons. The Morgan fingerprint density at radius 1 is 1.33 bits per heavy atom. The van der Waals surface area contributed by atoms with E-state index >= 15 is 0 Å². The van der Waals surface area contributed by atoms with E-state index in [0.717, 1.165) is 31.2 Å². The van der Waals surface area contributed by atoms with Crippen LogP contribution in [0.5, 0.6) is 5.75 Å². The first kappa shape index (κ1) is 15.7. The van der Waals surface area contributed by atoms with Gasteiger partial charge in [-0.25, -0.2) is 0 Å². The van der Waals surface area contributed by atoms with Crippen molar-refractivity contribution in [3.05, 3.63) is 29.8 Å². The van der Waals surface area contributed by atoms with E-state index in [-0.39, 0.29) is 11.2 Å². The van der Waals surface area contributed by atoms with Crippen molar-refractivity contribution in [2.45, 2.75) is 45.4 Å². The molecule has 5 heteroatoms. The Kier molecular flexibility index (Phi) is 4.46. The van der Waals surface area contributed by atoms with Crippen LogP contribution in [0.2, 0.25) is 0 Å². The summed E-state index contributed by atoms with van der Waals surface area (Å²) >= 11 is 0. The maximum absolute atomic E-state index is 12.1. The van der Waals surface area contributed by atoms with Crippen LogP contribution in [-0.4, -0.2) is 6.36 Å². The van der Waals surface area contributed by atoms with Crippen LogP contribution < -0.4 is 4.74 Å². The molecule has 1 saturated carbocycles. The molecule has 0 heterocycles. The van der Waals surface area contributed by atoms with Crippen LogP contribution in [0, 0.1) is 22.7 Å². The van der Waals surface area contributed by atoms with Crippen LogP contribution in [-0.2, 0) is 6.42 Å². The highest BCUT2D eigenvalue weighted by molar-refractivity contribution is 5.29. The second kappa shape index (κ2) is 5.97. The molecule has 1 aliphatic carbocycles. The number of nitrogens with zero attached hydrogens (tertiary/aromatic N) is 1. The lowest BCUT2D eigenvalue weighted by Crippen LogP contribution is -2.18. The standard InChI is InChI=1S/C16H18F3NO/c1-2-12-7-8-15(9-12,11-20)10-13-3-5-14(6-4-13)21-16(17,18)19/h3-6,12H,2,7-10H2,1H3. The van der Waals surface area contributed by atoms with E-state index in [9.17, 15) is 18.4 Å². The first-order valence-corrected chi connectivity index (χ1v) is 7.12. The third-order valence-electron chi connectivity index (χ3n) is 4.22. The van der Waals surface area contributed by atoms with Gasteiger partial charge < -0.3 is 4.74 Å². The van der Waals surface area contributed by atoms with Gasteiger partial charge in [-0.15, -0.1) is 13.2 Å². The largest absolute Gasteiger partial charge is 0.573 e. The first-order valence-electron chi connectivity index (χ1n) is 7.12. The number of alkyl halides is 3. The normalized spacial score (nSPS) is 25.6. The number of hydrogen-bond acceptors (Lipinski definition) is 2. The topological polar surface area (TPSA) is 33.0 Å². The zero-order valence-electron chi connectivity index (χ0n) is 11.9. The second-order valence-electron chi connectivity index (χ2n) is 5.78. The lowest BCUT2D eigenvalue weighted by molar-refractivity contribution is -0.274. The number of benzene rings is 1. The van der Waals surface area contributed by atoms with Gasteiger partial charge in [0.25, 0.3) is 0 Å². The minimum Gasteiger partial charge on any atom is -0.406 e. The van der Waals surface area contributed by atoms with Gasteiger partial charge in [0.05, 0.1) is 11.5 Å². The summed E-state index contributed by atoms with van der Waals surface area (Å²) in [6.45, 7) is 2.13. The van der Waals surface area contributed by atoms with Crippen molar-refractivity contribution >= 4 is 0 Å². The highest BCUT2D eigenvalue weighted by Gasteiger charge is 2.38. The Morgan fingerprint density at radius 3 is 2.48 bits per heavy atom.